The van der Waals surface area contributed by atoms with Gasteiger partial charge in [-0.2, -0.15) is 11.8 Å². The van der Waals surface area contributed by atoms with Crippen LogP contribution in [0.25, 0.3) is 0 Å². The van der Waals surface area contributed by atoms with Crippen molar-refractivity contribution in [3.8, 4) is 0 Å². The molecule has 1 atom stereocenters. The Hall–Kier alpha value is -0.220. The van der Waals surface area contributed by atoms with Crippen LogP contribution in [0.4, 0.5) is 0 Å². The molecule has 0 aromatic heterocycles. The molecule has 3 nitrogen and oxygen atoms in total. The maximum absolute atomic E-state index is 11.4. The summed E-state index contributed by atoms with van der Waals surface area (Å²) in [5.74, 6) is 0.851. The lowest BCUT2D eigenvalue weighted by atomic mass is 10.2. The molecule has 1 fully saturated rings. The molecular formula is C8H16N2OS. The van der Waals surface area contributed by atoms with Gasteiger partial charge in [0.1, 0.15) is 0 Å². The lowest BCUT2D eigenvalue weighted by molar-refractivity contribution is -0.128. The van der Waals surface area contributed by atoms with Crippen molar-refractivity contribution in [2.45, 2.75) is 12.5 Å². The van der Waals surface area contributed by atoms with E-state index in [0.29, 0.717) is 11.8 Å². The minimum Gasteiger partial charge on any atom is -0.341 e. The Kier molecular flexibility index (Phi) is 3.88. The molecule has 0 bridgehead atoms. The Morgan fingerprint density at radius 2 is 2.50 bits per heavy atom. The normalized spacial score (nSPS) is 22.7. The van der Waals surface area contributed by atoms with Crippen molar-refractivity contribution in [2.24, 2.45) is 0 Å². The number of rotatable bonds is 3. The zero-order chi connectivity index (χ0) is 8.97. The third-order valence-electron chi connectivity index (χ3n) is 2.24. The van der Waals surface area contributed by atoms with E-state index < -0.39 is 0 Å². The molecule has 1 aliphatic heterocycles. The Bertz CT molecular complexity index is 157. The van der Waals surface area contributed by atoms with Gasteiger partial charge in [-0.15, -0.1) is 0 Å². The van der Waals surface area contributed by atoms with Gasteiger partial charge in [-0.3, -0.25) is 4.79 Å². The van der Waals surface area contributed by atoms with E-state index in [4.69, 9.17) is 0 Å². The summed E-state index contributed by atoms with van der Waals surface area (Å²) in [6, 6.07) is 0.421. The molecule has 1 amide bonds. The van der Waals surface area contributed by atoms with Crippen LogP contribution in [0.3, 0.4) is 0 Å². The highest BCUT2D eigenvalue weighted by molar-refractivity contribution is 7.99. The lowest BCUT2D eigenvalue weighted by Crippen LogP contribution is -2.39. The molecule has 1 saturated heterocycles. The van der Waals surface area contributed by atoms with E-state index in [1.54, 1.807) is 11.8 Å². The van der Waals surface area contributed by atoms with E-state index in [0.717, 1.165) is 19.5 Å². The number of nitrogens with zero attached hydrogens (tertiary/aromatic N) is 1. The quantitative estimate of drug-likeness (QED) is 0.685. The summed E-state index contributed by atoms with van der Waals surface area (Å²) in [4.78, 5) is 13.3. The standard InChI is InChI=1S/C8H16N2OS/c1-10(8(11)6-12-2)7-3-4-9-5-7/h7,9H,3-6H2,1-2H3. The molecule has 0 radical (unpaired) electrons. The molecular weight excluding hydrogens is 172 g/mol. The first-order chi connectivity index (χ1) is 5.75. The van der Waals surface area contributed by atoms with Crippen LogP contribution in [0.2, 0.25) is 0 Å². The van der Waals surface area contributed by atoms with Crippen molar-refractivity contribution in [2.75, 3.05) is 32.1 Å². The summed E-state index contributed by atoms with van der Waals surface area (Å²) in [5.41, 5.74) is 0. The largest absolute Gasteiger partial charge is 0.341 e. The number of amides is 1. The van der Waals surface area contributed by atoms with Gasteiger partial charge in [-0.1, -0.05) is 0 Å². The second kappa shape index (κ2) is 4.72. The maximum atomic E-state index is 11.4. The van der Waals surface area contributed by atoms with Crippen LogP contribution in [0, 0.1) is 0 Å². The van der Waals surface area contributed by atoms with Crippen LogP contribution in [-0.4, -0.2) is 49.0 Å². The van der Waals surface area contributed by atoms with Gasteiger partial charge in [0, 0.05) is 19.6 Å². The second-order valence-corrected chi connectivity index (χ2v) is 3.95. The maximum Gasteiger partial charge on any atom is 0.232 e. The third-order valence-corrected chi connectivity index (χ3v) is 2.78. The zero-order valence-electron chi connectivity index (χ0n) is 7.67. The average Bonchev–Trinajstić information content (AvgIpc) is 2.55. The van der Waals surface area contributed by atoms with Crippen LogP contribution in [-0.2, 0) is 4.79 Å². The van der Waals surface area contributed by atoms with E-state index >= 15 is 0 Å². The number of carbonyl (C=O) groups is 1. The van der Waals surface area contributed by atoms with Crippen molar-refractivity contribution in [3.05, 3.63) is 0 Å². The summed E-state index contributed by atoms with van der Waals surface area (Å²) in [5, 5.41) is 3.25. The molecule has 12 heavy (non-hydrogen) atoms. The molecule has 0 aliphatic carbocycles. The number of thioether (sulfide) groups is 1. The Morgan fingerprint density at radius 3 is 3.00 bits per heavy atom. The summed E-state index contributed by atoms with van der Waals surface area (Å²) in [6.07, 6.45) is 3.05. The number of nitrogens with one attached hydrogen (secondary N) is 1. The van der Waals surface area contributed by atoms with Crippen molar-refractivity contribution in [1.29, 1.82) is 0 Å². The molecule has 0 saturated carbocycles. The molecule has 4 heteroatoms. The summed E-state index contributed by atoms with van der Waals surface area (Å²) in [6.45, 7) is 2.00. The highest BCUT2D eigenvalue weighted by atomic mass is 32.2. The third kappa shape index (κ3) is 2.38. The predicted molar refractivity (Wildman–Crippen MR) is 52.4 cm³/mol. The van der Waals surface area contributed by atoms with Crippen molar-refractivity contribution in [1.82, 2.24) is 10.2 Å². The monoisotopic (exact) mass is 188 g/mol. The fraction of sp³-hybridized carbons (Fsp3) is 0.875. The molecule has 1 N–H and O–H groups in total. The van der Waals surface area contributed by atoms with Crippen molar-refractivity contribution >= 4 is 17.7 Å². The molecule has 1 heterocycles. The number of likely N-dealkylation sites (N-methyl/N-ethyl adjacent to an activating group) is 1. The molecule has 1 rings (SSSR count). The lowest BCUT2D eigenvalue weighted by Gasteiger charge is -2.23. The van der Waals surface area contributed by atoms with Gasteiger partial charge in [0.05, 0.1) is 5.75 Å². The van der Waals surface area contributed by atoms with Gasteiger partial charge in [-0.05, 0) is 19.2 Å². The van der Waals surface area contributed by atoms with E-state index in [1.807, 2.05) is 18.2 Å². The molecule has 1 aliphatic rings. The molecule has 0 aromatic rings. The van der Waals surface area contributed by atoms with Gasteiger partial charge in [0.15, 0.2) is 0 Å². The summed E-state index contributed by atoms with van der Waals surface area (Å²) < 4.78 is 0. The molecule has 0 aromatic carbocycles. The Labute approximate surface area is 77.9 Å². The smallest absolute Gasteiger partial charge is 0.232 e. The predicted octanol–water partition coefficient (Wildman–Crippen LogP) is 0.170. The topological polar surface area (TPSA) is 32.3 Å². The van der Waals surface area contributed by atoms with Gasteiger partial charge in [-0.25, -0.2) is 0 Å². The zero-order valence-corrected chi connectivity index (χ0v) is 8.49. The first kappa shape index (κ1) is 9.86. The van der Waals surface area contributed by atoms with E-state index in [9.17, 15) is 4.79 Å². The minimum absolute atomic E-state index is 0.246. The second-order valence-electron chi connectivity index (χ2n) is 3.08. The minimum atomic E-state index is 0.246. The number of hydrogen-bond acceptors (Lipinski definition) is 3. The van der Waals surface area contributed by atoms with Gasteiger partial charge >= 0.3 is 0 Å². The van der Waals surface area contributed by atoms with Crippen LogP contribution in [0.1, 0.15) is 6.42 Å². The van der Waals surface area contributed by atoms with Crippen molar-refractivity contribution < 1.29 is 4.79 Å². The molecule has 70 valence electrons. The van der Waals surface area contributed by atoms with E-state index in [2.05, 4.69) is 5.32 Å². The van der Waals surface area contributed by atoms with Crippen LogP contribution in [0.5, 0.6) is 0 Å². The van der Waals surface area contributed by atoms with Crippen LogP contribution in [0.15, 0.2) is 0 Å². The van der Waals surface area contributed by atoms with Crippen molar-refractivity contribution in [3.63, 3.8) is 0 Å². The van der Waals surface area contributed by atoms with Crippen LogP contribution < -0.4 is 5.32 Å². The van der Waals surface area contributed by atoms with Crippen LogP contribution >= 0.6 is 11.8 Å². The van der Waals surface area contributed by atoms with Gasteiger partial charge < -0.3 is 10.2 Å². The Balaban J connectivity index is 2.34. The fourth-order valence-electron chi connectivity index (χ4n) is 1.40. The van der Waals surface area contributed by atoms with E-state index in [1.165, 1.54) is 0 Å². The first-order valence-electron chi connectivity index (χ1n) is 4.21. The van der Waals surface area contributed by atoms with E-state index in [-0.39, 0.29) is 5.91 Å². The first-order valence-corrected chi connectivity index (χ1v) is 5.60. The molecule has 0 spiro atoms. The van der Waals surface area contributed by atoms with Gasteiger partial charge in [0.2, 0.25) is 5.91 Å². The number of carbonyl (C=O) groups excluding carboxylic acids is 1. The summed E-state index contributed by atoms with van der Waals surface area (Å²) in [7, 11) is 1.90. The fourth-order valence-corrected chi connectivity index (χ4v) is 1.85. The Morgan fingerprint density at radius 1 is 1.75 bits per heavy atom. The average molecular weight is 188 g/mol. The SMILES string of the molecule is CSCC(=O)N(C)C1CCNC1. The number of hydrogen-bond donors (Lipinski definition) is 1. The highest BCUT2D eigenvalue weighted by Crippen LogP contribution is 2.07. The summed E-state index contributed by atoms with van der Waals surface area (Å²) >= 11 is 1.59. The van der Waals surface area contributed by atoms with Gasteiger partial charge in [0.25, 0.3) is 0 Å². The molecule has 1 unspecified atom stereocenters. The highest BCUT2D eigenvalue weighted by Gasteiger charge is 2.22.